The van der Waals surface area contributed by atoms with Gasteiger partial charge < -0.3 is 19.7 Å². The maximum atomic E-state index is 12.5. The van der Waals surface area contributed by atoms with Crippen molar-refractivity contribution in [3.8, 4) is 11.5 Å². The van der Waals surface area contributed by atoms with Gasteiger partial charge in [-0.25, -0.2) is 0 Å². The Balaban J connectivity index is 1.29. The third-order valence-electron chi connectivity index (χ3n) is 9.02. The van der Waals surface area contributed by atoms with Crippen molar-refractivity contribution >= 4 is 0 Å². The molecule has 2 saturated carbocycles. The van der Waals surface area contributed by atoms with Crippen molar-refractivity contribution in [1.82, 2.24) is 4.90 Å². The van der Waals surface area contributed by atoms with Gasteiger partial charge in [0.15, 0.2) is 11.5 Å². The summed E-state index contributed by atoms with van der Waals surface area (Å²) in [5.74, 6) is 1.58. The number of rotatable bonds is 5. The van der Waals surface area contributed by atoms with Gasteiger partial charge in [-0.05, 0) is 68.2 Å². The normalized spacial score (nSPS) is 37.1. The first-order chi connectivity index (χ1) is 15.6. The van der Waals surface area contributed by atoms with Crippen molar-refractivity contribution in [3.63, 3.8) is 0 Å². The summed E-state index contributed by atoms with van der Waals surface area (Å²) in [6.07, 6.45) is 5.44. The lowest BCUT2D eigenvalue weighted by atomic mass is 9.48. The Hall–Kier alpha value is -2.08. The van der Waals surface area contributed by atoms with Gasteiger partial charge in [0.2, 0.25) is 0 Å². The predicted octanol–water partition coefficient (Wildman–Crippen LogP) is 3.54. The zero-order chi connectivity index (χ0) is 21.5. The molecule has 1 saturated heterocycles. The highest BCUT2D eigenvalue weighted by molar-refractivity contribution is 5.62. The Labute approximate surface area is 189 Å². The molecule has 0 unspecified atom stereocenters. The molecule has 5 heteroatoms. The minimum atomic E-state index is -0.844. The van der Waals surface area contributed by atoms with E-state index in [2.05, 4.69) is 23.1 Å². The minimum absolute atomic E-state index is 0.108. The van der Waals surface area contributed by atoms with Crippen molar-refractivity contribution in [1.29, 1.82) is 0 Å². The topological polar surface area (TPSA) is 62.2 Å². The van der Waals surface area contributed by atoms with Crippen molar-refractivity contribution in [2.45, 2.75) is 74.4 Å². The number of phenols is 1. The molecular formula is C27H31NO4. The summed E-state index contributed by atoms with van der Waals surface area (Å²) in [4.78, 5) is 2.57. The van der Waals surface area contributed by atoms with Crippen LogP contribution < -0.4 is 4.74 Å². The van der Waals surface area contributed by atoms with E-state index in [0.717, 1.165) is 49.4 Å². The summed E-state index contributed by atoms with van der Waals surface area (Å²) in [6.45, 7) is 2.61. The van der Waals surface area contributed by atoms with Crippen LogP contribution in [0.3, 0.4) is 0 Å². The number of aliphatic hydroxyl groups is 1. The second kappa shape index (κ2) is 6.72. The van der Waals surface area contributed by atoms with Crippen LogP contribution in [0.5, 0.6) is 11.5 Å². The highest BCUT2D eigenvalue weighted by atomic mass is 16.6. The summed E-state index contributed by atoms with van der Waals surface area (Å²) < 4.78 is 13.0. The molecule has 5 atom stereocenters. The van der Waals surface area contributed by atoms with E-state index in [4.69, 9.17) is 9.47 Å². The number of hydrogen-bond donors (Lipinski definition) is 2. The van der Waals surface area contributed by atoms with E-state index in [1.165, 1.54) is 18.4 Å². The summed E-state index contributed by atoms with van der Waals surface area (Å²) in [7, 11) is 0. The standard InChI is InChI=1S/C27H31NO4/c29-20-9-8-19-14-22-27(30)11-10-21(31-16-18-4-2-1-3-5-18)25-26(27,23(19)24(20)32-25)12-13-28(22)15-17-6-7-17/h1-5,8-9,17,21-22,25,29-30H,6-7,10-16H2/t21-,22+,25-,26-,27+/m0/s1. The van der Waals surface area contributed by atoms with Crippen molar-refractivity contribution in [2.75, 3.05) is 13.1 Å². The second-order valence-corrected chi connectivity index (χ2v) is 10.7. The first kappa shape index (κ1) is 19.4. The van der Waals surface area contributed by atoms with E-state index in [1.54, 1.807) is 6.07 Å². The number of ether oxygens (including phenoxy) is 2. The third kappa shape index (κ3) is 2.50. The molecule has 2 aromatic rings. The molecule has 32 heavy (non-hydrogen) atoms. The third-order valence-corrected chi connectivity index (χ3v) is 9.02. The number of piperidine rings is 1. The summed E-state index contributed by atoms with van der Waals surface area (Å²) in [6, 6.07) is 14.2. The van der Waals surface area contributed by atoms with Crippen LogP contribution in [0, 0.1) is 5.92 Å². The van der Waals surface area contributed by atoms with Gasteiger partial charge in [-0.3, -0.25) is 4.90 Å². The van der Waals surface area contributed by atoms with Gasteiger partial charge in [0.05, 0.1) is 23.7 Å². The van der Waals surface area contributed by atoms with Crippen LogP contribution in [-0.2, 0) is 23.2 Å². The molecule has 168 valence electrons. The van der Waals surface area contributed by atoms with E-state index in [1.807, 2.05) is 18.2 Å². The molecule has 3 aliphatic carbocycles. The van der Waals surface area contributed by atoms with E-state index in [-0.39, 0.29) is 24.0 Å². The van der Waals surface area contributed by atoms with Gasteiger partial charge in [0.25, 0.3) is 0 Å². The molecule has 0 radical (unpaired) electrons. The van der Waals surface area contributed by atoms with Crippen LogP contribution in [-0.4, -0.2) is 52.1 Å². The van der Waals surface area contributed by atoms with Crippen LogP contribution in [0.4, 0.5) is 0 Å². The molecule has 5 nitrogen and oxygen atoms in total. The maximum absolute atomic E-state index is 12.5. The molecule has 7 rings (SSSR count). The number of hydrogen-bond acceptors (Lipinski definition) is 5. The Morgan fingerprint density at radius 1 is 1.06 bits per heavy atom. The van der Waals surface area contributed by atoms with Gasteiger partial charge in [0, 0.05) is 18.2 Å². The smallest absolute Gasteiger partial charge is 0.165 e. The van der Waals surface area contributed by atoms with Crippen molar-refractivity contribution < 1.29 is 19.7 Å². The van der Waals surface area contributed by atoms with Crippen LogP contribution in [0.25, 0.3) is 0 Å². The molecule has 2 aliphatic heterocycles. The molecule has 2 N–H and O–H groups in total. The largest absolute Gasteiger partial charge is 0.504 e. The lowest BCUT2D eigenvalue weighted by molar-refractivity contribution is -0.217. The molecule has 2 bridgehead atoms. The van der Waals surface area contributed by atoms with Gasteiger partial charge in [-0.1, -0.05) is 36.4 Å². The van der Waals surface area contributed by atoms with E-state index in [0.29, 0.717) is 18.8 Å². The van der Waals surface area contributed by atoms with E-state index in [9.17, 15) is 10.2 Å². The lowest BCUT2D eigenvalue weighted by Crippen LogP contribution is -2.77. The van der Waals surface area contributed by atoms with Crippen molar-refractivity contribution in [2.24, 2.45) is 5.92 Å². The zero-order valence-corrected chi connectivity index (χ0v) is 18.4. The minimum Gasteiger partial charge on any atom is -0.504 e. The number of likely N-dealkylation sites (tertiary alicyclic amines) is 1. The van der Waals surface area contributed by atoms with Crippen LogP contribution in [0.2, 0.25) is 0 Å². The molecule has 0 aromatic heterocycles. The molecular weight excluding hydrogens is 402 g/mol. The SMILES string of the molecule is Oc1ccc2c3c1O[C@H]1[C@@H](OCc4ccccc4)CC[C@@]4(O)[C@@H](C2)N(CC2CC2)CC[C@]314. The fourth-order valence-electron chi connectivity index (χ4n) is 7.38. The maximum Gasteiger partial charge on any atom is 0.165 e. The predicted molar refractivity (Wildman–Crippen MR) is 120 cm³/mol. The lowest BCUT2D eigenvalue weighted by Gasteiger charge is -2.64. The van der Waals surface area contributed by atoms with Gasteiger partial charge in [0.1, 0.15) is 6.10 Å². The summed E-state index contributed by atoms with van der Waals surface area (Å²) >= 11 is 0. The number of aromatic hydroxyl groups is 1. The monoisotopic (exact) mass is 433 g/mol. The van der Waals surface area contributed by atoms with E-state index < -0.39 is 11.0 Å². The average Bonchev–Trinajstić information content (AvgIpc) is 3.54. The molecule has 5 aliphatic rings. The van der Waals surface area contributed by atoms with Gasteiger partial charge in [-0.2, -0.15) is 0 Å². The Bertz CT molecular complexity index is 1050. The Kier molecular flexibility index (Phi) is 4.07. The summed E-state index contributed by atoms with van der Waals surface area (Å²) in [5.41, 5.74) is 2.10. The quantitative estimate of drug-likeness (QED) is 0.755. The number of nitrogens with zero attached hydrogens (tertiary/aromatic N) is 1. The summed E-state index contributed by atoms with van der Waals surface area (Å²) in [5, 5.41) is 23.2. The highest BCUT2D eigenvalue weighted by Crippen LogP contribution is 2.65. The fourth-order valence-corrected chi connectivity index (χ4v) is 7.38. The fraction of sp³-hybridized carbons (Fsp3) is 0.556. The van der Waals surface area contributed by atoms with Crippen molar-refractivity contribution in [3.05, 3.63) is 59.2 Å². The zero-order valence-electron chi connectivity index (χ0n) is 18.4. The second-order valence-electron chi connectivity index (χ2n) is 10.7. The molecule has 2 heterocycles. The first-order valence-corrected chi connectivity index (χ1v) is 12.2. The van der Waals surface area contributed by atoms with Crippen LogP contribution >= 0.6 is 0 Å². The molecule has 0 amide bonds. The van der Waals surface area contributed by atoms with Gasteiger partial charge in [-0.15, -0.1) is 0 Å². The van der Waals surface area contributed by atoms with Crippen LogP contribution in [0.15, 0.2) is 42.5 Å². The number of phenolic OH excluding ortho intramolecular Hbond substituents is 1. The average molecular weight is 434 g/mol. The van der Waals surface area contributed by atoms with E-state index >= 15 is 0 Å². The Morgan fingerprint density at radius 3 is 2.72 bits per heavy atom. The highest BCUT2D eigenvalue weighted by Gasteiger charge is 2.73. The molecule has 1 spiro atoms. The van der Waals surface area contributed by atoms with Crippen LogP contribution in [0.1, 0.15) is 48.8 Å². The van der Waals surface area contributed by atoms with Gasteiger partial charge >= 0.3 is 0 Å². The molecule has 2 aromatic carbocycles. The Morgan fingerprint density at radius 2 is 1.91 bits per heavy atom. The number of benzene rings is 2. The molecule has 3 fully saturated rings. The first-order valence-electron chi connectivity index (χ1n) is 12.2.